The zero-order valence-electron chi connectivity index (χ0n) is 14.1. The molecule has 2 aliphatic rings. The average Bonchev–Trinajstić information content (AvgIpc) is 3.12. The van der Waals surface area contributed by atoms with E-state index >= 15 is 0 Å². The van der Waals surface area contributed by atoms with Gasteiger partial charge >= 0.3 is 18.0 Å². The number of carboxylic acids is 1. The molecule has 1 heterocycles. The molecule has 1 aliphatic heterocycles. The Labute approximate surface area is 147 Å². The van der Waals surface area contributed by atoms with Crippen molar-refractivity contribution in [2.45, 2.75) is 19.3 Å². The maximum Gasteiger partial charge on any atom is 0.343 e. The Hall–Kier alpha value is -2.71. The van der Waals surface area contributed by atoms with Crippen LogP contribution in [0.5, 0.6) is 0 Å². The lowest BCUT2D eigenvalue weighted by Crippen LogP contribution is -2.38. The summed E-state index contributed by atoms with van der Waals surface area (Å²) < 4.78 is 32.2. The lowest BCUT2D eigenvalue weighted by Gasteiger charge is -2.23. The number of carbonyl (C=O) groups is 3. The molecule has 0 unspecified atom stereocenters. The minimum absolute atomic E-state index is 0.0596. The van der Waals surface area contributed by atoms with Gasteiger partial charge in [0.2, 0.25) is 0 Å². The van der Waals surface area contributed by atoms with E-state index in [0.29, 0.717) is 6.42 Å². The van der Waals surface area contributed by atoms with Crippen molar-refractivity contribution in [3.05, 3.63) is 29.3 Å². The monoisotopic (exact) mass is 368 g/mol. The molecule has 2 N–H and O–H groups in total. The number of hydrogen-bond acceptors (Lipinski definition) is 4. The number of amides is 2. The maximum atomic E-state index is 13.9. The number of anilines is 1. The van der Waals surface area contributed by atoms with Crippen molar-refractivity contribution >= 4 is 23.7 Å². The summed E-state index contributed by atoms with van der Waals surface area (Å²) in [7, 11) is 0.999. The average molecular weight is 368 g/mol. The summed E-state index contributed by atoms with van der Waals surface area (Å²) in [6, 6.07) is 0.999. The first-order valence-corrected chi connectivity index (χ1v) is 8.15. The summed E-state index contributed by atoms with van der Waals surface area (Å²) in [5.41, 5.74) is -1.95. The molecule has 0 aromatic heterocycles. The van der Waals surface area contributed by atoms with Crippen molar-refractivity contribution in [3.63, 3.8) is 0 Å². The zero-order chi connectivity index (χ0) is 19.1. The van der Waals surface area contributed by atoms with Crippen LogP contribution < -0.4 is 5.32 Å². The van der Waals surface area contributed by atoms with Crippen molar-refractivity contribution in [2.24, 2.45) is 11.3 Å². The van der Waals surface area contributed by atoms with Crippen molar-refractivity contribution in [1.29, 1.82) is 0 Å². The predicted molar refractivity (Wildman–Crippen MR) is 85.7 cm³/mol. The minimum Gasteiger partial charge on any atom is -0.481 e. The molecule has 1 aromatic carbocycles. The standard InChI is InChI=1S/C17H18F2N2O5/c1-26-14(22)13-11(18)5-10(6-12(13)19)20-16(25)21-7-9-3-2-4-17(9,8-21)15(23)24/h5-6,9H,2-4,7-8H2,1H3,(H,20,25)(H,23,24)/t9-,17+/m0/s1. The van der Waals surface area contributed by atoms with Gasteiger partial charge in [0.1, 0.15) is 17.2 Å². The Kier molecular flexibility index (Phi) is 4.55. The van der Waals surface area contributed by atoms with Crippen molar-refractivity contribution < 1.29 is 33.0 Å². The van der Waals surface area contributed by atoms with Gasteiger partial charge in [0.15, 0.2) is 0 Å². The quantitative estimate of drug-likeness (QED) is 0.799. The van der Waals surface area contributed by atoms with Crippen LogP contribution in [0.1, 0.15) is 29.6 Å². The molecule has 3 rings (SSSR count). The van der Waals surface area contributed by atoms with Crippen LogP contribution in [-0.2, 0) is 9.53 Å². The molecule has 1 saturated heterocycles. The number of carboxylic acid groups (broad SMARTS) is 1. The van der Waals surface area contributed by atoms with Crippen LogP contribution in [-0.4, -0.2) is 48.2 Å². The lowest BCUT2D eigenvalue weighted by molar-refractivity contribution is -0.149. The van der Waals surface area contributed by atoms with Crippen LogP contribution in [0.15, 0.2) is 12.1 Å². The molecule has 1 aromatic rings. The van der Waals surface area contributed by atoms with E-state index in [1.54, 1.807) is 0 Å². The molecule has 1 saturated carbocycles. The van der Waals surface area contributed by atoms with Crippen LogP contribution >= 0.6 is 0 Å². The third-order valence-corrected chi connectivity index (χ3v) is 5.27. The third-order valence-electron chi connectivity index (χ3n) is 5.27. The molecule has 26 heavy (non-hydrogen) atoms. The Morgan fingerprint density at radius 2 is 1.96 bits per heavy atom. The number of nitrogens with zero attached hydrogens (tertiary/aromatic N) is 1. The number of hydrogen-bond donors (Lipinski definition) is 2. The van der Waals surface area contributed by atoms with Crippen LogP contribution in [0.25, 0.3) is 0 Å². The maximum absolute atomic E-state index is 13.9. The minimum atomic E-state index is -1.16. The number of rotatable bonds is 3. The van der Waals surface area contributed by atoms with E-state index in [0.717, 1.165) is 32.1 Å². The summed E-state index contributed by atoms with van der Waals surface area (Å²) in [6.45, 7) is 0.341. The van der Waals surface area contributed by atoms with E-state index in [-0.39, 0.29) is 24.7 Å². The normalized spacial score (nSPS) is 24.3. The number of benzene rings is 1. The molecule has 9 heteroatoms. The van der Waals surface area contributed by atoms with Gasteiger partial charge in [-0.25, -0.2) is 18.4 Å². The molecule has 1 aliphatic carbocycles. The van der Waals surface area contributed by atoms with Crippen molar-refractivity contribution in [3.8, 4) is 0 Å². The Morgan fingerprint density at radius 1 is 1.31 bits per heavy atom. The van der Waals surface area contributed by atoms with Gasteiger partial charge in [0, 0.05) is 18.8 Å². The highest BCUT2D eigenvalue weighted by molar-refractivity contribution is 5.93. The van der Waals surface area contributed by atoms with Crippen LogP contribution in [0.2, 0.25) is 0 Å². The number of methoxy groups -OCH3 is 1. The molecule has 140 valence electrons. The number of aliphatic carboxylic acids is 1. The highest BCUT2D eigenvalue weighted by atomic mass is 19.1. The third kappa shape index (κ3) is 2.87. The lowest BCUT2D eigenvalue weighted by atomic mass is 9.81. The van der Waals surface area contributed by atoms with Gasteiger partial charge < -0.3 is 20.1 Å². The topological polar surface area (TPSA) is 95.9 Å². The van der Waals surface area contributed by atoms with Gasteiger partial charge in [-0.15, -0.1) is 0 Å². The number of urea groups is 1. The molecular weight excluding hydrogens is 350 g/mol. The van der Waals surface area contributed by atoms with E-state index in [2.05, 4.69) is 10.1 Å². The van der Waals surface area contributed by atoms with Crippen molar-refractivity contribution in [1.82, 2.24) is 4.90 Å². The first-order valence-electron chi connectivity index (χ1n) is 8.15. The molecule has 0 bridgehead atoms. The molecule has 2 atom stereocenters. The second-order valence-corrected chi connectivity index (χ2v) is 6.67. The number of esters is 1. The number of nitrogens with one attached hydrogen (secondary N) is 1. The van der Waals surface area contributed by atoms with Gasteiger partial charge in [0.05, 0.1) is 12.5 Å². The van der Waals surface area contributed by atoms with Gasteiger partial charge in [-0.1, -0.05) is 6.42 Å². The number of ether oxygens (including phenoxy) is 1. The Balaban J connectivity index is 1.75. The molecule has 2 fully saturated rings. The van der Waals surface area contributed by atoms with E-state index < -0.39 is 40.6 Å². The number of carbonyl (C=O) groups excluding carboxylic acids is 2. The largest absolute Gasteiger partial charge is 0.481 e. The first kappa shape index (κ1) is 18.1. The zero-order valence-corrected chi connectivity index (χ0v) is 14.1. The molecule has 0 radical (unpaired) electrons. The first-order chi connectivity index (χ1) is 12.3. The van der Waals surface area contributed by atoms with Gasteiger partial charge in [-0.3, -0.25) is 4.79 Å². The summed E-state index contributed by atoms with van der Waals surface area (Å²) >= 11 is 0. The van der Waals surface area contributed by atoms with Gasteiger partial charge in [-0.05, 0) is 30.9 Å². The Bertz CT molecular complexity index is 761. The van der Waals surface area contributed by atoms with Crippen LogP contribution in [0.4, 0.5) is 19.3 Å². The molecule has 2 amide bonds. The van der Waals surface area contributed by atoms with Gasteiger partial charge in [-0.2, -0.15) is 0 Å². The molecule has 0 spiro atoms. The highest BCUT2D eigenvalue weighted by Crippen LogP contribution is 2.48. The highest BCUT2D eigenvalue weighted by Gasteiger charge is 2.55. The number of fused-ring (bicyclic) bond motifs is 1. The summed E-state index contributed by atoms with van der Waals surface area (Å²) in [5, 5.41) is 11.9. The summed E-state index contributed by atoms with van der Waals surface area (Å²) in [6.07, 6.45) is 2.04. The fraction of sp³-hybridized carbons (Fsp3) is 0.471. The molecule has 7 nitrogen and oxygen atoms in total. The Morgan fingerprint density at radius 3 is 2.50 bits per heavy atom. The van der Waals surface area contributed by atoms with Crippen LogP contribution in [0.3, 0.4) is 0 Å². The van der Waals surface area contributed by atoms with Crippen LogP contribution in [0, 0.1) is 23.0 Å². The van der Waals surface area contributed by atoms with E-state index in [9.17, 15) is 28.3 Å². The second kappa shape index (κ2) is 6.54. The fourth-order valence-corrected chi connectivity index (χ4v) is 3.94. The SMILES string of the molecule is COC(=O)c1c(F)cc(NC(=O)N2C[C@@H]3CCC[C@@]3(C(=O)O)C2)cc1F. The second-order valence-electron chi connectivity index (χ2n) is 6.67. The predicted octanol–water partition coefficient (Wildman–Crippen LogP) is 2.47. The summed E-state index contributed by atoms with van der Waals surface area (Å²) in [4.78, 5) is 36.7. The van der Waals surface area contributed by atoms with Gasteiger partial charge in [0.25, 0.3) is 0 Å². The van der Waals surface area contributed by atoms with E-state index in [1.807, 2.05) is 0 Å². The van der Waals surface area contributed by atoms with E-state index in [4.69, 9.17) is 0 Å². The number of likely N-dealkylation sites (tertiary alicyclic amines) is 1. The smallest absolute Gasteiger partial charge is 0.343 e. The van der Waals surface area contributed by atoms with Crippen molar-refractivity contribution in [2.75, 3.05) is 25.5 Å². The van der Waals surface area contributed by atoms with E-state index in [1.165, 1.54) is 4.90 Å². The molecular formula is C17H18F2N2O5. The summed E-state index contributed by atoms with van der Waals surface area (Å²) in [5.74, 6) is -4.52. The fourth-order valence-electron chi connectivity index (χ4n) is 3.94. The number of halogens is 2.